The molecule has 2 heterocycles. The first-order chi connectivity index (χ1) is 10.9. The highest BCUT2D eigenvalue weighted by molar-refractivity contribution is 7.90. The second-order valence-electron chi connectivity index (χ2n) is 6.45. The van der Waals surface area contributed by atoms with Gasteiger partial charge in [-0.3, -0.25) is 0 Å². The predicted molar refractivity (Wildman–Crippen MR) is 85.3 cm³/mol. The van der Waals surface area contributed by atoms with Crippen molar-refractivity contribution in [3.63, 3.8) is 0 Å². The molecule has 23 heavy (non-hydrogen) atoms. The lowest BCUT2D eigenvalue weighted by Crippen LogP contribution is -2.52. The van der Waals surface area contributed by atoms with Crippen molar-refractivity contribution in [3.05, 3.63) is 29.3 Å². The number of tetrazole rings is 1. The van der Waals surface area contributed by atoms with Crippen LogP contribution in [0.25, 0.3) is 11.4 Å². The summed E-state index contributed by atoms with van der Waals surface area (Å²) in [4.78, 5) is 1.55. The molecule has 1 aliphatic heterocycles. The van der Waals surface area contributed by atoms with Crippen molar-refractivity contribution < 1.29 is 8.42 Å². The highest BCUT2D eigenvalue weighted by atomic mass is 32.2. The van der Waals surface area contributed by atoms with Crippen LogP contribution in [0.4, 0.5) is 0 Å². The van der Waals surface area contributed by atoms with Crippen molar-refractivity contribution in [3.8, 4) is 11.4 Å². The highest BCUT2D eigenvalue weighted by Gasteiger charge is 2.46. The number of hydrogen-bond acceptors (Lipinski definition) is 5. The predicted octanol–water partition coefficient (Wildman–Crippen LogP) is 1.31. The number of hydrogen-bond donors (Lipinski definition) is 0. The normalized spacial score (nSPS) is 19.7. The lowest BCUT2D eigenvalue weighted by molar-refractivity contribution is 0.173. The Bertz CT molecular complexity index is 851. The van der Waals surface area contributed by atoms with Crippen LogP contribution in [0.2, 0.25) is 0 Å². The summed E-state index contributed by atoms with van der Waals surface area (Å²) in [6.07, 6.45) is 1.59. The monoisotopic (exact) mass is 333 g/mol. The Hall–Kier alpha value is -1.80. The fourth-order valence-electron chi connectivity index (χ4n) is 2.72. The van der Waals surface area contributed by atoms with Crippen molar-refractivity contribution in [1.82, 2.24) is 24.5 Å². The Kier molecular flexibility index (Phi) is 3.28. The van der Waals surface area contributed by atoms with Gasteiger partial charge in [0.15, 0.2) is 0 Å². The van der Waals surface area contributed by atoms with Crippen LogP contribution < -0.4 is 0 Å². The Balaban J connectivity index is 1.48. The molecule has 1 aromatic carbocycles. The van der Waals surface area contributed by atoms with Crippen LogP contribution in [0, 0.1) is 13.8 Å². The van der Waals surface area contributed by atoms with E-state index in [1.165, 1.54) is 15.4 Å². The number of sulfonamides is 1. The standard InChI is InChI=1S/C15H19N5O2S/c1-10-3-4-12(7-11(10)2)15-16-18-20(17-15)13-8-19(9-13)23(21,22)14-5-6-14/h3-4,7,13-14H,5-6,8-9H2,1-2H3. The summed E-state index contributed by atoms with van der Waals surface area (Å²) in [5.74, 6) is 0.580. The minimum Gasteiger partial charge on any atom is -0.212 e. The summed E-state index contributed by atoms with van der Waals surface area (Å²) >= 11 is 0. The quantitative estimate of drug-likeness (QED) is 0.842. The highest BCUT2D eigenvalue weighted by Crippen LogP contribution is 2.35. The first kappa shape index (κ1) is 14.8. The largest absolute Gasteiger partial charge is 0.217 e. The van der Waals surface area contributed by atoms with Crippen LogP contribution in [-0.4, -0.2) is 51.3 Å². The maximum Gasteiger partial charge on any atom is 0.217 e. The molecule has 0 bridgehead atoms. The first-order valence-electron chi connectivity index (χ1n) is 7.81. The lowest BCUT2D eigenvalue weighted by atomic mass is 10.1. The van der Waals surface area contributed by atoms with E-state index in [1.54, 1.807) is 4.80 Å². The number of benzene rings is 1. The van der Waals surface area contributed by atoms with Crippen molar-refractivity contribution in [1.29, 1.82) is 0 Å². The summed E-state index contributed by atoms with van der Waals surface area (Å²) in [7, 11) is -3.08. The van der Waals surface area contributed by atoms with E-state index in [4.69, 9.17) is 0 Å². The third kappa shape index (κ3) is 2.55. The van der Waals surface area contributed by atoms with Gasteiger partial charge in [0.1, 0.15) is 6.04 Å². The molecule has 1 aliphatic carbocycles. The zero-order valence-corrected chi connectivity index (χ0v) is 14.0. The van der Waals surface area contributed by atoms with Crippen molar-refractivity contribution in [2.75, 3.05) is 13.1 Å². The van der Waals surface area contributed by atoms with E-state index in [-0.39, 0.29) is 11.3 Å². The Labute approximate surface area is 135 Å². The van der Waals surface area contributed by atoms with Crippen LogP contribution in [0.3, 0.4) is 0 Å². The molecule has 0 atom stereocenters. The molecule has 1 saturated heterocycles. The molecule has 1 aromatic heterocycles. The smallest absolute Gasteiger partial charge is 0.212 e. The van der Waals surface area contributed by atoms with Crippen molar-refractivity contribution in [2.45, 2.75) is 38.0 Å². The van der Waals surface area contributed by atoms with Crippen LogP contribution >= 0.6 is 0 Å². The maximum atomic E-state index is 12.1. The number of aromatic nitrogens is 4. The van der Waals surface area contributed by atoms with Gasteiger partial charge in [-0.25, -0.2) is 8.42 Å². The molecule has 0 N–H and O–H groups in total. The zero-order valence-electron chi connectivity index (χ0n) is 13.2. The maximum absolute atomic E-state index is 12.1. The van der Waals surface area contributed by atoms with E-state index in [9.17, 15) is 8.42 Å². The zero-order chi connectivity index (χ0) is 16.2. The first-order valence-corrected chi connectivity index (χ1v) is 9.31. The van der Waals surface area contributed by atoms with Crippen LogP contribution in [0.5, 0.6) is 0 Å². The average Bonchev–Trinajstić information content (AvgIpc) is 3.21. The van der Waals surface area contributed by atoms with Gasteiger partial charge in [-0.05, 0) is 49.1 Å². The summed E-state index contributed by atoms with van der Waals surface area (Å²) in [5, 5.41) is 12.5. The van der Waals surface area contributed by atoms with E-state index in [0.717, 1.165) is 18.4 Å². The summed E-state index contributed by atoms with van der Waals surface area (Å²) in [6, 6.07) is 6.05. The lowest BCUT2D eigenvalue weighted by Gasteiger charge is -2.36. The van der Waals surface area contributed by atoms with Crippen molar-refractivity contribution in [2.24, 2.45) is 0 Å². The summed E-state index contributed by atoms with van der Waals surface area (Å²) in [5.41, 5.74) is 3.34. The van der Waals surface area contributed by atoms with Gasteiger partial charge in [0.25, 0.3) is 0 Å². The molecular weight excluding hydrogens is 314 g/mol. The molecule has 2 fully saturated rings. The van der Waals surface area contributed by atoms with Gasteiger partial charge in [-0.15, -0.1) is 10.2 Å². The SMILES string of the molecule is Cc1ccc(-c2nnn(C3CN(S(=O)(=O)C4CC4)C3)n2)cc1C. The van der Waals surface area contributed by atoms with Gasteiger partial charge in [-0.1, -0.05) is 12.1 Å². The molecule has 8 heteroatoms. The molecular formula is C15H19N5O2S. The molecule has 1 saturated carbocycles. The molecule has 7 nitrogen and oxygen atoms in total. The number of nitrogens with zero attached hydrogens (tertiary/aromatic N) is 5. The number of rotatable bonds is 4. The van der Waals surface area contributed by atoms with Gasteiger partial charge < -0.3 is 0 Å². The second kappa shape index (κ2) is 5.10. The van der Waals surface area contributed by atoms with Crippen molar-refractivity contribution >= 4 is 10.0 Å². The molecule has 2 aliphatic rings. The van der Waals surface area contributed by atoms with E-state index in [0.29, 0.717) is 18.9 Å². The van der Waals surface area contributed by atoms with Gasteiger partial charge in [-0.2, -0.15) is 9.10 Å². The summed E-state index contributed by atoms with van der Waals surface area (Å²) in [6.45, 7) is 5.01. The molecule has 4 rings (SSSR count). The van der Waals surface area contributed by atoms with Crippen LogP contribution in [-0.2, 0) is 10.0 Å². The minimum atomic E-state index is -3.08. The Morgan fingerprint density at radius 1 is 1.13 bits per heavy atom. The molecule has 0 unspecified atom stereocenters. The third-order valence-electron chi connectivity index (χ3n) is 4.65. The fourth-order valence-corrected chi connectivity index (χ4v) is 4.64. The fraction of sp³-hybridized carbons (Fsp3) is 0.533. The van der Waals surface area contributed by atoms with Gasteiger partial charge >= 0.3 is 0 Å². The average molecular weight is 333 g/mol. The Morgan fingerprint density at radius 2 is 1.87 bits per heavy atom. The van der Waals surface area contributed by atoms with E-state index in [1.807, 2.05) is 18.2 Å². The molecule has 0 radical (unpaired) electrons. The molecule has 0 amide bonds. The van der Waals surface area contributed by atoms with E-state index >= 15 is 0 Å². The van der Waals surface area contributed by atoms with E-state index < -0.39 is 10.0 Å². The molecule has 2 aromatic rings. The van der Waals surface area contributed by atoms with Crippen LogP contribution in [0.1, 0.15) is 30.0 Å². The van der Waals surface area contributed by atoms with Crippen LogP contribution in [0.15, 0.2) is 18.2 Å². The van der Waals surface area contributed by atoms with Gasteiger partial charge in [0, 0.05) is 18.7 Å². The topological polar surface area (TPSA) is 81.0 Å². The minimum absolute atomic E-state index is 0.0173. The van der Waals surface area contributed by atoms with Gasteiger partial charge in [0.05, 0.1) is 5.25 Å². The van der Waals surface area contributed by atoms with Gasteiger partial charge in [0.2, 0.25) is 15.8 Å². The number of aryl methyl sites for hydroxylation is 2. The second-order valence-corrected chi connectivity index (χ2v) is 8.66. The molecule has 122 valence electrons. The summed E-state index contributed by atoms with van der Waals surface area (Å²) < 4.78 is 25.8. The van der Waals surface area contributed by atoms with E-state index in [2.05, 4.69) is 29.3 Å². The third-order valence-corrected chi connectivity index (χ3v) is 6.99. The Morgan fingerprint density at radius 3 is 2.52 bits per heavy atom. The molecule has 0 spiro atoms.